The van der Waals surface area contributed by atoms with E-state index in [2.05, 4.69) is 9.97 Å². The number of hydrogen-bond donors (Lipinski definition) is 2. The molecule has 0 saturated carbocycles. The summed E-state index contributed by atoms with van der Waals surface area (Å²) in [5.41, 5.74) is 2.91. The van der Waals surface area contributed by atoms with Crippen molar-refractivity contribution >= 4 is 18.6 Å². The van der Waals surface area contributed by atoms with Crippen molar-refractivity contribution in [3.8, 4) is 11.6 Å². The molecule has 1 atom stereocenters. The summed E-state index contributed by atoms with van der Waals surface area (Å²) in [6.07, 6.45) is 3.69. The number of aliphatic carboxylic acids is 1. The van der Waals surface area contributed by atoms with E-state index in [-0.39, 0.29) is 6.42 Å². The third-order valence-electron chi connectivity index (χ3n) is 3.93. The van der Waals surface area contributed by atoms with Crippen LogP contribution in [0.3, 0.4) is 0 Å². The van der Waals surface area contributed by atoms with Crippen LogP contribution in [0.4, 0.5) is 0 Å². The summed E-state index contributed by atoms with van der Waals surface area (Å²) in [5, 5.41) is 19.1. The average Bonchev–Trinajstić information content (AvgIpc) is 2.81. The molecule has 0 bridgehead atoms. The number of fused-ring (bicyclic) bond motifs is 1. The maximum atomic E-state index is 11.0. The van der Waals surface area contributed by atoms with Crippen LogP contribution in [0.15, 0.2) is 24.7 Å². The third kappa shape index (κ3) is 2.90. The summed E-state index contributed by atoms with van der Waals surface area (Å²) in [7, 11) is -1.17. The van der Waals surface area contributed by atoms with E-state index in [9.17, 15) is 9.82 Å². The molecule has 0 fully saturated rings. The molecule has 0 spiro atoms. The van der Waals surface area contributed by atoms with Gasteiger partial charge in [0, 0.05) is 12.4 Å². The predicted octanol–water partition coefficient (Wildman–Crippen LogP) is 1.12. The summed E-state index contributed by atoms with van der Waals surface area (Å²) < 4.78 is 11.1. The Balaban J connectivity index is 2.01. The van der Waals surface area contributed by atoms with Crippen LogP contribution >= 0.6 is 0 Å². The van der Waals surface area contributed by atoms with Gasteiger partial charge in [-0.15, -0.1) is 0 Å². The van der Waals surface area contributed by atoms with Gasteiger partial charge in [0.15, 0.2) is 0 Å². The molecule has 2 N–H and O–H groups in total. The molecular formula is C15H15BN2O5. The minimum atomic E-state index is -1.17. The van der Waals surface area contributed by atoms with Crippen molar-refractivity contribution in [1.29, 1.82) is 0 Å². The lowest BCUT2D eigenvalue weighted by molar-refractivity contribution is -0.138. The highest BCUT2D eigenvalue weighted by Crippen LogP contribution is 2.35. The van der Waals surface area contributed by atoms with Crippen LogP contribution in [0.2, 0.25) is 0 Å². The van der Waals surface area contributed by atoms with Crippen molar-refractivity contribution in [2.45, 2.75) is 26.4 Å². The molecule has 2 aromatic rings. The monoisotopic (exact) mass is 314 g/mol. The summed E-state index contributed by atoms with van der Waals surface area (Å²) >= 11 is 0. The summed E-state index contributed by atoms with van der Waals surface area (Å²) in [4.78, 5) is 19.0. The van der Waals surface area contributed by atoms with Gasteiger partial charge >= 0.3 is 13.1 Å². The largest absolute Gasteiger partial charge is 0.492 e. The number of carbonyl (C=O) groups is 1. The Morgan fingerprint density at radius 3 is 2.83 bits per heavy atom. The van der Waals surface area contributed by atoms with Gasteiger partial charge < -0.3 is 19.5 Å². The Morgan fingerprint density at radius 2 is 2.17 bits per heavy atom. The van der Waals surface area contributed by atoms with E-state index < -0.39 is 19.2 Å². The molecule has 2 heterocycles. The molecule has 1 aromatic heterocycles. The van der Waals surface area contributed by atoms with Gasteiger partial charge in [-0.05, 0) is 42.1 Å². The number of hydrogen-bond acceptors (Lipinski definition) is 6. The average molecular weight is 314 g/mol. The number of carboxylic acids is 1. The second-order valence-electron chi connectivity index (χ2n) is 5.35. The van der Waals surface area contributed by atoms with Crippen molar-refractivity contribution in [1.82, 2.24) is 9.97 Å². The van der Waals surface area contributed by atoms with Gasteiger partial charge in [0.2, 0.25) is 5.88 Å². The highest BCUT2D eigenvalue weighted by Gasteiger charge is 2.38. The highest BCUT2D eigenvalue weighted by molar-refractivity contribution is 6.62. The van der Waals surface area contributed by atoms with Crippen LogP contribution in [0.1, 0.15) is 29.2 Å². The second kappa shape index (κ2) is 5.98. The molecular weight excluding hydrogens is 299 g/mol. The molecule has 1 aliphatic rings. The van der Waals surface area contributed by atoms with Crippen LogP contribution in [0.5, 0.6) is 11.6 Å². The summed E-state index contributed by atoms with van der Waals surface area (Å²) in [6.45, 7) is 3.72. The van der Waals surface area contributed by atoms with E-state index >= 15 is 0 Å². The van der Waals surface area contributed by atoms with Crippen LogP contribution in [0, 0.1) is 13.8 Å². The van der Waals surface area contributed by atoms with Gasteiger partial charge in [0.1, 0.15) is 5.75 Å². The molecule has 0 aliphatic carbocycles. The first-order valence-electron chi connectivity index (χ1n) is 7.10. The van der Waals surface area contributed by atoms with Crippen molar-refractivity contribution < 1.29 is 24.3 Å². The van der Waals surface area contributed by atoms with E-state index in [0.717, 1.165) is 11.1 Å². The first-order chi connectivity index (χ1) is 11.0. The van der Waals surface area contributed by atoms with Crippen LogP contribution in [-0.4, -0.2) is 33.2 Å². The predicted molar refractivity (Wildman–Crippen MR) is 81.7 cm³/mol. The Kier molecular flexibility index (Phi) is 4.02. The molecule has 1 aromatic carbocycles. The fourth-order valence-corrected chi connectivity index (χ4v) is 2.72. The zero-order chi connectivity index (χ0) is 16.6. The van der Waals surface area contributed by atoms with Crippen molar-refractivity contribution in [3.05, 3.63) is 41.3 Å². The lowest BCUT2D eigenvalue weighted by Crippen LogP contribution is -2.28. The Hall–Kier alpha value is -2.45. The number of ether oxygens (including phenoxy) is 1. The smallest absolute Gasteiger partial charge is 0.481 e. The zero-order valence-electron chi connectivity index (χ0n) is 12.7. The Labute approximate surface area is 133 Å². The normalized spacial score (nSPS) is 16.3. The second-order valence-corrected chi connectivity index (χ2v) is 5.35. The first-order valence-corrected chi connectivity index (χ1v) is 7.10. The maximum Gasteiger partial charge on any atom is 0.492 e. The van der Waals surface area contributed by atoms with Crippen LogP contribution < -0.4 is 10.2 Å². The van der Waals surface area contributed by atoms with Gasteiger partial charge in [-0.1, -0.05) is 0 Å². The van der Waals surface area contributed by atoms with Crippen LogP contribution in [0.25, 0.3) is 0 Å². The number of aromatic nitrogens is 2. The van der Waals surface area contributed by atoms with Gasteiger partial charge in [0.05, 0.1) is 18.7 Å². The van der Waals surface area contributed by atoms with E-state index in [1.54, 1.807) is 12.3 Å². The number of nitrogens with zero attached hydrogens (tertiary/aromatic N) is 2. The molecule has 0 amide bonds. The molecule has 3 rings (SSSR count). The SMILES string of the molecule is Cc1c(Oc2cnccn2)cc2c(c1C)[C@@H](CC(=O)O)OB2O. The van der Waals surface area contributed by atoms with Gasteiger partial charge in [-0.2, -0.15) is 0 Å². The lowest BCUT2D eigenvalue weighted by atomic mass is 9.76. The van der Waals surface area contributed by atoms with E-state index in [0.29, 0.717) is 22.7 Å². The highest BCUT2D eigenvalue weighted by atomic mass is 16.5. The van der Waals surface area contributed by atoms with E-state index in [4.69, 9.17) is 14.5 Å². The van der Waals surface area contributed by atoms with Crippen molar-refractivity contribution in [3.63, 3.8) is 0 Å². The Morgan fingerprint density at radius 1 is 1.39 bits per heavy atom. The van der Waals surface area contributed by atoms with Gasteiger partial charge in [-0.25, -0.2) is 4.98 Å². The minimum absolute atomic E-state index is 0.200. The molecule has 0 saturated heterocycles. The topological polar surface area (TPSA) is 102 Å². The minimum Gasteiger partial charge on any atom is -0.481 e. The molecule has 118 valence electrons. The fraction of sp³-hybridized carbons (Fsp3) is 0.267. The molecule has 23 heavy (non-hydrogen) atoms. The van der Waals surface area contributed by atoms with Crippen molar-refractivity contribution in [2.75, 3.05) is 0 Å². The summed E-state index contributed by atoms with van der Waals surface area (Å²) in [6, 6.07) is 1.67. The number of rotatable bonds is 4. The summed E-state index contributed by atoms with van der Waals surface area (Å²) in [5.74, 6) is -0.113. The molecule has 0 unspecified atom stereocenters. The lowest BCUT2D eigenvalue weighted by Gasteiger charge is -2.16. The molecule has 7 nitrogen and oxygen atoms in total. The van der Waals surface area contributed by atoms with E-state index in [1.165, 1.54) is 12.4 Å². The zero-order valence-corrected chi connectivity index (χ0v) is 12.7. The quantitative estimate of drug-likeness (QED) is 0.815. The maximum absolute atomic E-state index is 11.0. The Bertz CT molecular complexity index is 753. The standard InChI is InChI=1S/C15H15BN2O5/c1-8-9(2)15-10(16(21)23-12(15)6-14(19)20)5-11(8)22-13-7-17-3-4-18-13/h3-5,7,12,21H,6H2,1-2H3,(H,19,20)/t12-/m1/s1. The van der Waals surface area contributed by atoms with Gasteiger partial charge in [0.25, 0.3) is 0 Å². The number of benzene rings is 1. The van der Waals surface area contributed by atoms with Crippen molar-refractivity contribution in [2.24, 2.45) is 0 Å². The molecule has 0 radical (unpaired) electrons. The molecule has 8 heteroatoms. The van der Waals surface area contributed by atoms with Crippen LogP contribution in [-0.2, 0) is 9.45 Å². The third-order valence-corrected chi connectivity index (χ3v) is 3.93. The molecule has 1 aliphatic heterocycles. The fourth-order valence-electron chi connectivity index (χ4n) is 2.72. The number of carboxylic acid groups (broad SMARTS) is 1. The van der Waals surface area contributed by atoms with E-state index in [1.807, 2.05) is 13.8 Å². The first kappa shape index (κ1) is 15.5. The van der Waals surface area contributed by atoms with Gasteiger partial charge in [-0.3, -0.25) is 9.78 Å².